The number of ether oxygens (including phenoxy) is 1. The fraction of sp³-hybridized carbons (Fsp3) is 0.0714. The number of carbonyl (C=O) groups is 1. The number of benzene rings is 2. The van der Waals surface area contributed by atoms with Gasteiger partial charge < -0.3 is 10.1 Å². The van der Waals surface area contributed by atoms with Crippen molar-refractivity contribution >= 4 is 92.8 Å². The van der Waals surface area contributed by atoms with E-state index in [9.17, 15) is 4.79 Å². The third-order valence-electron chi connectivity index (χ3n) is 2.72. The minimum Gasteiger partial charge on any atom is -0.481 e. The van der Waals surface area contributed by atoms with Crippen LogP contribution in [-0.2, 0) is 4.79 Å². The van der Waals surface area contributed by atoms with Crippen molar-refractivity contribution in [1.29, 1.82) is 0 Å². The molecule has 0 aliphatic rings. The molecule has 0 aliphatic heterocycles. The highest BCUT2D eigenvalue weighted by atomic mass is 35.5. The summed E-state index contributed by atoms with van der Waals surface area (Å²) in [6, 6.07) is 4.63. The van der Waals surface area contributed by atoms with Gasteiger partial charge in [-0.3, -0.25) is 4.79 Å². The molecule has 2 rings (SSSR count). The summed E-state index contributed by atoms with van der Waals surface area (Å²) in [6.07, 6.45) is 0. The maximum atomic E-state index is 12.0. The Morgan fingerprint density at radius 1 is 0.875 bits per heavy atom. The lowest BCUT2D eigenvalue weighted by Crippen LogP contribution is -2.20. The van der Waals surface area contributed by atoms with Gasteiger partial charge in [0.2, 0.25) is 0 Å². The Balaban J connectivity index is 2.12. The zero-order valence-corrected chi connectivity index (χ0v) is 16.7. The van der Waals surface area contributed by atoms with Crippen molar-refractivity contribution in [3.05, 3.63) is 53.4 Å². The number of hydrogen-bond acceptors (Lipinski definition) is 2. The van der Waals surface area contributed by atoms with E-state index in [4.69, 9.17) is 85.9 Å². The molecule has 128 valence electrons. The van der Waals surface area contributed by atoms with Crippen molar-refractivity contribution in [3.8, 4) is 5.75 Å². The summed E-state index contributed by atoms with van der Waals surface area (Å²) >= 11 is 41.5. The van der Waals surface area contributed by atoms with E-state index in [0.717, 1.165) is 0 Å². The smallest absolute Gasteiger partial charge is 0.262 e. The lowest BCUT2D eigenvalue weighted by molar-refractivity contribution is -0.118. The Morgan fingerprint density at radius 3 is 1.96 bits per heavy atom. The lowest BCUT2D eigenvalue weighted by Gasteiger charge is -2.14. The number of nitrogens with one attached hydrogen (secondary N) is 1. The first-order valence-corrected chi connectivity index (χ1v) is 8.76. The molecule has 0 atom stereocenters. The molecule has 0 unspecified atom stereocenters. The Morgan fingerprint density at radius 2 is 1.42 bits per heavy atom. The Bertz CT molecular complexity index is 781. The van der Waals surface area contributed by atoms with Crippen molar-refractivity contribution in [1.82, 2.24) is 0 Å². The van der Waals surface area contributed by atoms with E-state index < -0.39 is 12.5 Å². The van der Waals surface area contributed by atoms with E-state index >= 15 is 0 Å². The molecule has 0 aromatic heterocycles. The lowest BCUT2D eigenvalue weighted by atomic mass is 10.3. The number of rotatable bonds is 4. The molecule has 24 heavy (non-hydrogen) atoms. The molecule has 0 spiro atoms. The first-order chi connectivity index (χ1) is 11.2. The molecule has 3 nitrogen and oxygen atoms in total. The molecule has 0 bridgehead atoms. The fourth-order valence-corrected chi connectivity index (χ4v) is 3.31. The second-order valence-electron chi connectivity index (χ2n) is 4.36. The Labute approximate surface area is 172 Å². The largest absolute Gasteiger partial charge is 0.481 e. The van der Waals surface area contributed by atoms with Gasteiger partial charge in [-0.2, -0.15) is 0 Å². The van der Waals surface area contributed by atoms with E-state index in [1.807, 2.05) is 0 Å². The normalized spacial score (nSPS) is 10.6. The molecule has 2 aromatic carbocycles. The van der Waals surface area contributed by atoms with Gasteiger partial charge >= 0.3 is 0 Å². The molecular formula is C14H6Cl7NO2. The molecule has 1 N–H and O–H groups in total. The summed E-state index contributed by atoms with van der Waals surface area (Å²) in [7, 11) is 0. The summed E-state index contributed by atoms with van der Waals surface area (Å²) in [4.78, 5) is 12.0. The SMILES string of the molecule is O=C(COc1c(Cl)c(Cl)c(Cl)c(Cl)c1Cl)Nc1ccc(Cl)cc1Cl. The summed E-state index contributed by atoms with van der Waals surface area (Å²) in [5.41, 5.74) is 0.374. The maximum absolute atomic E-state index is 12.0. The molecule has 0 fully saturated rings. The van der Waals surface area contributed by atoms with Crippen molar-refractivity contribution in [2.24, 2.45) is 0 Å². The van der Waals surface area contributed by atoms with Gasteiger partial charge in [0.1, 0.15) is 10.0 Å². The van der Waals surface area contributed by atoms with Crippen LogP contribution in [0.25, 0.3) is 0 Å². The summed E-state index contributed by atoms with van der Waals surface area (Å²) in [5, 5.41) is 3.13. The highest BCUT2D eigenvalue weighted by molar-refractivity contribution is 6.55. The van der Waals surface area contributed by atoms with E-state index in [-0.39, 0.29) is 35.9 Å². The average molecular weight is 468 g/mol. The van der Waals surface area contributed by atoms with Gasteiger partial charge in [0, 0.05) is 5.02 Å². The van der Waals surface area contributed by atoms with Crippen molar-refractivity contribution in [2.75, 3.05) is 11.9 Å². The molecule has 0 heterocycles. The van der Waals surface area contributed by atoms with Gasteiger partial charge in [-0.15, -0.1) is 0 Å². The van der Waals surface area contributed by atoms with Crippen LogP contribution in [0.4, 0.5) is 5.69 Å². The predicted molar refractivity (Wildman–Crippen MR) is 102 cm³/mol. The van der Waals surface area contributed by atoms with Crippen molar-refractivity contribution < 1.29 is 9.53 Å². The highest BCUT2D eigenvalue weighted by Gasteiger charge is 2.21. The van der Waals surface area contributed by atoms with Crippen LogP contribution in [-0.4, -0.2) is 12.5 Å². The topological polar surface area (TPSA) is 38.3 Å². The first kappa shape index (κ1) is 20.1. The second kappa shape index (κ2) is 8.41. The minimum absolute atomic E-state index is 0.00178. The van der Waals surface area contributed by atoms with Crippen LogP contribution in [0.3, 0.4) is 0 Å². The van der Waals surface area contributed by atoms with E-state index in [1.165, 1.54) is 6.07 Å². The molecule has 10 heteroatoms. The van der Waals surface area contributed by atoms with Crippen LogP contribution in [0.2, 0.25) is 35.2 Å². The zero-order valence-electron chi connectivity index (χ0n) is 11.4. The number of hydrogen-bond donors (Lipinski definition) is 1. The second-order valence-corrected chi connectivity index (χ2v) is 7.09. The summed E-state index contributed by atoms with van der Waals surface area (Å²) in [6.45, 7) is -0.410. The van der Waals surface area contributed by atoms with Gasteiger partial charge in [-0.25, -0.2) is 0 Å². The number of amides is 1. The molecule has 0 aliphatic carbocycles. The first-order valence-electron chi connectivity index (χ1n) is 6.11. The molecular weight excluding hydrogens is 462 g/mol. The molecule has 0 radical (unpaired) electrons. The number of carbonyl (C=O) groups excluding carboxylic acids is 1. The van der Waals surface area contributed by atoms with Crippen molar-refractivity contribution in [3.63, 3.8) is 0 Å². The predicted octanol–water partition coefficient (Wildman–Crippen LogP) is 7.28. The molecule has 2 aromatic rings. The van der Waals surface area contributed by atoms with Crippen molar-refractivity contribution in [2.45, 2.75) is 0 Å². The number of anilines is 1. The van der Waals surface area contributed by atoms with Crippen LogP contribution in [0, 0.1) is 0 Å². The Hall–Kier alpha value is -0.260. The monoisotopic (exact) mass is 465 g/mol. The maximum Gasteiger partial charge on any atom is 0.262 e. The summed E-state index contributed by atoms with van der Waals surface area (Å²) < 4.78 is 5.31. The van der Waals surface area contributed by atoms with Gasteiger partial charge in [0.25, 0.3) is 5.91 Å². The standard InChI is InChI=1S/C14H6Cl7NO2/c15-5-1-2-7(6(16)3-5)22-8(23)4-24-14-12(20)10(18)9(17)11(19)13(14)21/h1-3H,4H2,(H,22,23). The fourth-order valence-electron chi connectivity index (χ4n) is 1.63. The van der Waals surface area contributed by atoms with E-state index in [2.05, 4.69) is 5.32 Å². The quantitative estimate of drug-likeness (QED) is 0.378. The molecule has 0 saturated heterocycles. The van der Waals surface area contributed by atoms with Crippen LogP contribution in [0.15, 0.2) is 18.2 Å². The minimum atomic E-state index is -0.506. The molecule has 1 amide bonds. The highest BCUT2D eigenvalue weighted by Crippen LogP contribution is 2.48. The van der Waals surface area contributed by atoms with Crippen LogP contribution >= 0.6 is 81.2 Å². The summed E-state index contributed by atoms with van der Waals surface area (Å²) in [5.74, 6) is -0.552. The van der Waals surface area contributed by atoms with E-state index in [0.29, 0.717) is 10.7 Å². The Kier molecular flexibility index (Phi) is 7.03. The van der Waals surface area contributed by atoms with Crippen LogP contribution in [0.1, 0.15) is 0 Å². The van der Waals surface area contributed by atoms with Crippen LogP contribution in [0.5, 0.6) is 5.75 Å². The number of halogens is 7. The average Bonchev–Trinajstić information content (AvgIpc) is 2.53. The zero-order chi connectivity index (χ0) is 18.0. The third-order valence-corrected chi connectivity index (χ3v) is 5.51. The van der Waals surface area contributed by atoms with Gasteiger partial charge in [-0.05, 0) is 18.2 Å². The van der Waals surface area contributed by atoms with Crippen LogP contribution < -0.4 is 10.1 Å². The van der Waals surface area contributed by atoms with Gasteiger partial charge in [0.05, 0.1) is 25.8 Å². The third kappa shape index (κ3) is 4.47. The van der Waals surface area contributed by atoms with Gasteiger partial charge in [-0.1, -0.05) is 81.2 Å². The molecule has 0 saturated carbocycles. The van der Waals surface area contributed by atoms with Gasteiger partial charge in [0.15, 0.2) is 12.4 Å². The van der Waals surface area contributed by atoms with E-state index in [1.54, 1.807) is 12.1 Å².